The first-order valence-corrected chi connectivity index (χ1v) is 18.5. The molecular formula is C39H50N4O5S. The molecule has 2 bridgehead atoms. The largest absolute Gasteiger partial charge is 0.394 e. The van der Waals surface area contributed by atoms with Crippen molar-refractivity contribution in [3.8, 4) is 0 Å². The highest BCUT2D eigenvalue weighted by Gasteiger charge is 2.77. The molecule has 6 rings (SSSR count). The predicted octanol–water partition coefficient (Wildman–Crippen LogP) is 3.49. The number of ether oxygens (including phenoxy) is 1. The number of fused-ring (bicyclic) bond motifs is 1. The lowest BCUT2D eigenvalue weighted by atomic mass is 9.65. The van der Waals surface area contributed by atoms with Gasteiger partial charge in [0.2, 0.25) is 17.7 Å². The number of aliphatic hydroxyl groups is 1. The fourth-order valence-corrected chi connectivity index (χ4v) is 11.1. The first-order chi connectivity index (χ1) is 23.8. The first kappa shape index (κ1) is 35.4. The van der Waals surface area contributed by atoms with Gasteiger partial charge in [-0.15, -0.1) is 24.9 Å². The van der Waals surface area contributed by atoms with Crippen LogP contribution >= 0.6 is 11.8 Å². The Hall–Kier alpha value is -3.44. The molecule has 10 heteroatoms. The molecule has 0 saturated carbocycles. The summed E-state index contributed by atoms with van der Waals surface area (Å²) in [5.74, 6) is -1.63. The Balaban J connectivity index is 1.38. The minimum atomic E-state index is -0.819. The summed E-state index contributed by atoms with van der Waals surface area (Å²) in [5, 5.41) is 10.8. The van der Waals surface area contributed by atoms with E-state index in [0.29, 0.717) is 52.4 Å². The normalized spacial score (nSPS) is 28.2. The van der Waals surface area contributed by atoms with Crippen molar-refractivity contribution in [3.05, 3.63) is 97.1 Å². The molecule has 3 unspecified atom stereocenters. The summed E-state index contributed by atoms with van der Waals surface area (Å²) in [5.41, 5.74) is 1.98. The Morgan fingerprint density at radius 2 is 1.63 bits per heavy atom. The number of aliphatic hydroxyl groups excluding tert-OH is 1. The van der Waals surface area contributed by atoms with Crippen LogP contribution in [0.1, 0.15) is 24.5 Å². The average molecular weight is 687 g/mol. The van der Waals surface area contributed by atoms with Gasteiger partial charge in [0, 0.05) is 51.1 Å². The highest BCUT2D eigenvalue weighted by Crippen LogP contribution is 2.69. The number of nitrogens with zero attached hydrogens (tertiary/aromatic N) is 4. The summed E-state index contributed by atoms with van der Waals surface area (Å²) < 4.78 is 4.74. The van der Waals surface area contributed by atoms with Gasteiger partial charge in [0.15, 0.2) is 0 Å². The lowest BCUT2D eigenvalue weighted by molar-refractivity contribution is -0.147. The van der Waals surface area contributed by atoms with E-state index in [1.54, 1.807) is 33.7 Å². The second kappa shape index (κ2) is 15.6. The van der Waals surface area contributed by atoms with Crippen LogP contribution in [0.3, 0.4) is 0 Å². The number of carbonyl (C=O) groups is 3. The van der Waals surface area contributed by atoms with Crippen LogP contribution < -0.4 is 0 Å². The number of benzene rings is 2. The average Bonchev–Trinajstić information content (AvgIpc) is 3.73. The summed E-state index contributed by atoms with van der Waals surface area (Å²) in [6, 6.07) is 18.2. The van der Waals surface area contributed by atoms with E-state index in [-0.39, 0.29) is 35.5 Å². The molecule has 49 heavy (non-hydrogen) atoms. The maximum Gasteiger partial charge on any atom is 0.247 e. The molecule has 4 aliphatic heterocycles. The third-order valence-electron chi connectivity index (χ3n) is 10.9. The van der Waals surface area contributed by atoms with Gasteiger partial charge in [-0.3, -0.25) is 19.3 Å². The number of rotatable bonds is 15. The molecule has 4 aliphatic rings. The van der Waals surface area contributed by atoms with E-state index in [2.05, 4.69) is 25.0 Å². The van der Waals surface area contributed by atoms with Crippen molar-refractivity contribution in [1.82, 2.24) is 19.6 Å². The molecule has 4 heterocycles. The zero-order valence-electron chi connectivity index (χ0n) is 28.6. The predicted molar refractivity (Wildman–Crippen MR) is 193 cm³/mol. The molecule has 0 aromatic heterocycles. The van der Waals surface area contributed by atoms with Gasteiger partial charge in [0.1, 0.15) is 6.04 Å². The van der Waals surface area contributed by atoms with E-state index in [9.17, 15) is 9.90 Å². The van der Waals surface area contributed by atoms with Crippen LogP contribution in [-0.4, -0.2) is 124 Å². The van der Waals surface area contributed by atoms with Crippen LogP contribution in [0.4, 0.5) is 0 Å². The number of morpholine rings is 1. The van der Waals surface area contributed by atoms with Gasteiger partial charge < -0.3 is 24.5 Å². The van der Waals surface area contributed by atoms with Gasteiger partial charge >= 0.3 is 0 Å². The molecule has 0 radical (unpaired) electrons. The summed E-state index contributed by atoms with van der Waals surface area (Å²) in [7, 11) is 0. The van der Waals surface area contributed by atoms with Crippen LogP contribution in [0.2, 0.25) is 0 Å². The molecule has 1 spiro atoms. The summed E-state index contributed by atoms with van der Waals surface area (Å²) >= 11 is 1.68. The SMILES string of the molecule is C=CCN(CCN1CCOCC1)C(=O)C1N([C@@H](CO)Cc2ccccc2)C(=O)[C@@H]2[C@H](C(=O)N(CC=C)Cc3ccccc3)[C@@H]3CC(C)C12S3. The van der Waals surface area contributed by atoms with Gasteiger partial charge in [-0.2, -0.15) is 0 Å². The van der Waals surface area contributed by atoms with Crippen LogP contribution in [-0.2, 0) is 32.1 Å². The first-order valence-electron chi connectivity index (χ1n) is 17.6. The molecule has 2 aromatic carbocycles. The Bertz CT molecular complexity index is 1490. The van der Waals surface area contributed by atoms with Gasteiger partial charge in [-0.1, -0.05) is 79.7 Å². The standard InChI is InChI=1S/C39H50N4O5S/c1-4-16-41(19-18-40-20-22-48-23-21-40)38(47)35-39-28(3)24-32(49-39)33(36(45)42(17-5-2)26-30-14-10-7-11-15-30)34(39)37(46)43(35)31(27-44)25-29-12-8-6-9-13-29/h4-15,28,31-35,44H,1-2,16-27H2,3H3/t28?,31-,32+,33-,34+,35?,39?/m1/s1. The molecule has 0 aliphatic carbocycles. The fourth-order valence-electron chi connectivity index (χ4n) is 8.66. The zero-order valence-corrected chi connectivity index (χ0v) is 29.4. The summed E-state index contributed by atoms with van der Waals surface area (Å²) in [4.78, 5) is 52.5. The van der Waals surface area contributed by atoms with Crippen LogP contribution in [0.25, 0.3) is 0 Å². The molecule has 262 valence electrons. The molecular weight excluding hydrogens is 637 g/mol. The summed E-state index contributed by atoms with van der Waals surface area (Å²) in [6.45, 7) is 15.0. The van der Waals surface area contributed by atoms with E-state index < -0.39 is 28.7 Å². The molecule has 4 fully saturated rings. The van der Waals surface area contributed by atoms with E-state index in [1.165, 1.54) is 0 Å². The third kappa shape index (κ3) is 6.85. The topological polar surface area (TPSA) is 93.6 Å². The van der Waals surface area contributed by atoms with Crippen molar-refractivity contribution in [2.24, 2.45) is 17.8 Å². The Kier molecular flexibility index (Phi) is 11.3. The van der Waals surface area contributed by atoms with E-state index in [0.717, 1.165) is 30.6 Å². The van der Waals surface area contributed by atoms with Crippen molar-refractivity contribution >= 4 is 29.5 Å². The molecule has 7 atom stereocenters. The lowest BCUT2D eigenvalue weighted by Gasteiger charge is -2.42. The van der Waals surface area contributed by atoms with Gasteiger partial charge in [-0.25, -0.2) is 0 Å². The molecule has 4 saturated heterocycles. The van der Waals surface area contributed by atoms with E-state index in [1.807, 2.05) is 65.6 Å². The monoisotopic (exact) mass is 686 g/mol. The number of hydrogen-bond acceptors (Lipinski definition) is 7. The van der Waals surface area contributed by atoms with Gasteiger partial charge in [-0.05, 0) is 29.9 Å². The molecule has 3 amide bonds. The molecule has 2 aromatic rings. The number of likely N-dealkylation sites (tertiary alicyclic amines) is 1. The second-order valence-corrected chi connectivity index (χ2v) is 15.4. The maximum atomic E-state index is 15.1. The van der Waals surface area contributed by atoms with Crippen molar-refractivity contribution < 1.29 is 24.2 Å². The Morgan fingerprint density at radius 3 is 2.27 bits per heavy atom. The third-order valence-corrected chi connectivity index (χ3v) is 13.0. The number of amides is 3. The van der Waals surface area contributed by atoms with Crippen molar-refractivity contribution in [2.45, 2.75) is 48.4 Å². The van der Waals surface area contributed by atoms with Crippen LogP contribution in [0.5, 0.6) is 0 Å². The molecule has 1 N–H and O–H groups in total. The highest BCUT2D eigenvalue weighted by atomic mass is 32.2. The fraction of sp³-hybridized carbons (Fsp3) is 0.513. The minimum Gasteiger partial charge on any atom is -0.394 e. The van der Waals surface area contributed by atoms with E-state index in [4.69, 9.17) is 4.74 Å². The smallest absolute Gasteiger partial charge is 0.247 e. The molecule has 9 nitrogen and oxygen atoms in total. The zero-order chi connectivity index (χ0) is 34.5. The minimum absolute atomic E-state index is 0.0160. The van der Waals surface area contributed by atoms with Crippen molar-refractivity contribution in [3.63, 3.8) is 0 Å². The van der Waals surface area contributed by atoms with Gasteiger partial charge in [0.25, 0.3) is 0 Å². The van der Waals surface area contributed by atoms with E-state index >= 15 is 9.59 Å². The Labute approximate surface area is 294 Å². The number of carbonyl (C=O) groups excluding carboxylic acids is 3. The summed E-state index contributed by atoms with van der Waals surface area (Å²) in [6.07, 6.45) is 4.63. The number of hydrogen-bond donors (Lipinski definition) is 1. The maximum absolute atomic E-state index is 15.1. The van der Waals surface area contributed by atoms with Crippen molar-refractivity contribution in [1.29, 1.82) is 0 Å². The van der Waals surface area contributed by atoms with Gasteiger partial charge in [0.05, 0.1) is 42.4 Å². The lowest BCUT2D eigenvalue weighted by Crippen LogP contribution is -2.60. The number of thioether (sulfide) groups is 1. The van der Waals surface area contributed by atoms with Crippen LogP contribution in [0, 0.1) is 17.8 Å². The Morgan fingerprint density at radius 1 is 1.00 bits per heavy atom. The quantitative estimate of drug-likeness (QED) is 0.287. The highest BCUT2D eigenvalue weighted by molar-refractivity contribution is 8.02. The second-order valence-electron chi connectivity index (χ2n) is 13.8. The van der Waals surface area contributed by atoms with Crippen molar-refractivity contribution in [2.75, 3.05) is 59.1 Å². The van der Waals surface area contributed by atoms with Crippen LogP contribution in [0.15, 0.2) is 86.0 Å².